The van der Waals surface area contributed by atoms with Gasteiger partial charge in [-0.2, -0.15) is 0 Å². The SMILES string of the molecule is CNC(=O)NC(=O)CCN(C)C1CCN(c2ccccc2Cl)C1=O. The number of anilines is 1. The van der Waals surface area contributed by atoms with Crippen LogP contribution in [0.1, 0.15) is 12.8 Å². The molecule has 0 radical (unpaired) electrons. The minimum absolute atomic E-state index is 0.0303. The second-order valence-electron chi connectivity index (χ2n) is 5.60. The first kappa shape index (κ1) is 18.2. The van der Waals surface area contributed by atoms with Gasteiger partial charge in [0.1, 0.15) is 0 Å². The van der Waals surface area contributed by atoms with Crippen molar-refractivity contribution in [1.29, 1.82) is 0 Å². The van der Waals surface area contributed by atoms with Crippen LogP contribution in [-0.4, -0.2) is 56.0 Å². The van der Waals surface area contributed by atoms with Gasteiger partial charge in [-0.05, 0) is 25.6 Å². The Labute approximate surface area is 145 Å². The summed E-state index contributed by atoms with van der Waals surface area (Å²) < 4.78 is 0. The molecule has 2 rings (SSSR count). The van der Waals surface area contributed by atoms with Crippen LogP contribution in [0.3, 0.4) is 0 Å². The Balaban J connectivity index is 1.91. The Morgan fingerprint density at radius 1 is 1.38 bits per heavy atom. The minimum atomic E-state index is -0.538. The first-order valence-electron chi connectivity index (χ1n) is 7.71. The predicted octanol–water partition coefficient (Wildman–Crippen LogP) is 1.22. The zero-order valence-electron chi connectivity index (χ0n) is 13.7. The fourth-order valence-corrected chi connectivity index (χ4v) is 2.91. The van der Waals surface area contributed by atoms with E-state index in [-0.39, 0.29) is 24.3 Å². The number of likely N-dealkylation sites (N-methyl/N-ethyl adjacent to an activating group) is 1. The van der Waals surface area contributed by atoms with E-state index in [1.165, 1.54) is 7.05 Å². The van der Waals surface area contributed by atoms with Gasteiger partial charge in [0.2, 0.25) is 11.8 Å². The largest absolute Gasteiger partial charge is 0.341 e. The molecule has 8 heteroatoms. The fourth-order valence-electron chi connectivity index (χ4n) is 2.67. The number of nitrogens with zero attached hydrogens (tertiary/aromatic N) is 2. The first-order valence-corrected chi connectivity index (χ1v) is 8.09. The summed E-state index contributed by atoms with van der Waals surface area (Å²) in [4.78, 5) is 38.8. The molecule has 0 saturated carbocycles. The number of halogens is 1. The van der Waals surface area contributed by atoms with Gasteiger partial charge in [-0.15, -0.1) is 0 Å². The van der Waals surface area contributed by atoms with Crippen molar-refractivity contribution in [2.24, 2.45) is 0 Å². The molecule has 130 valence electrons. The van der Waals surface area contributed by atoms with Crippen molar-refractivity contribution in [3.05, 3.63) is 29.3 Å². The summed E-state index contributed by atoms with van der Waals surface area (Å²) in [6.07, 6.45) is 0.803. The molecule has 1 aliphatic rings. The molecule has 0 aromatic heterocycles. The van der Waals surface area contributed by atoms with Crippen molar-refractivity contribution in [3.63, 3.8) is 0 Å². The highest BCUT2D eigenvalue weighted by Crippen LogP contribution is 2.30. The zero-order valence-corrected chi connectivity index (χ0v) is 14.5. The van der Waals surface area contributed by atoms with Gasteiger partial charge >= 0.3 is 6.03 Å². The van der Waals surface area contributed by atoms with Crippen LogP contribution in [0.4, 0.5) is 10.5 Å². The van der Waals surface area contributed by atoms with E-state index in [2.05, 4.69) is 10.6 Å². The van der Waals surface area contributed by atoms with Crippen LogP contribution in [0.25, 0.3) is 0 Å². The van der Waals surface area contributed by atoms with Crippen LogP contribution in [-0.2, 0) is 9.59 Å². The Kier molecular flexibility index (Phi) is 6.16. The molecule has 1 aliphatic heterocycles. The van der Waals surface area contributed by atoms with Gasteiger partial charge in [-0.25, -0.2) is 4.79 Å². The van der Waals surface area contributed by atoms with E-state index in [0.29, 0.717) is 30.2 Å². The van der Waals surface area contributed by atoms with Crippen molar-refractivity contribution in [1.82, 2.24) is 15.5 Å². The maximum atomic E-state index is 12.6. The van der Waals surface area contributed by atoms with Gasteiger partial charge in [-0.1, -0.05) is 23.7 Å². The number of para-hydroxylation sites is 1. The molecule has 4 amide bonds. The lowest BCUT2D eigenvalue weighted by molar-refractivity contribution is -0.123. The lowest BCUT2D eigenvalue weighted by Gasteiger charge is -2.23. The van der Waals surface area contributed by atoms with E-state index in [9.17, 15) is 14.4 Å². The number of amides is 4. The summed E-state index contributed by atoms with van der Waals surface area (Å²) >= 11 is 6.16. The van der Waals surface area contributed by atoms with Gasteiger partial charge in [0.05, 0.1) is 16.8 Å². The van der Waals surface area contributed by atoms with Crippen LogP contribution in [0.2, 0.25) is 5.02 Å². The lowest BCUT2D eigenvalue weighted by atomic mass is 10.2. The van der Waals surface area contributed by atoms with Crippen LogP contribution in [0, 0.1) is 0 Å². The highest BCUT2D eigenvalue weighted by molar-refractivity contribution is 6.33. The number of urea groups is 1. The molecular formula is C16H21ClN4O3. The topological polar surface area (TPSA) is 81.8 Å². The molecule has 0 spiro atoms. The molecule has 2 N–H and O–H groups in total. The summed E-state index contributed by atoms with van der Waals surface area (Å²) in [5, 5.41) is 5.06. The molecule has 1 aromatic rings. The van der Waals surface area contributed by atoms with Crippen molar-refractivity contribution in [2.45, 2.75) is 18.9 Å². The second kappa shape index (κ2) is 8.12. The Hall–Kier alpha value is -2.12. The van der Waals surface area contributed by atoms with Crippen LogP contribution >= 0.6 is 11.6 Å². The predicted molar refractivity (Wildman–Crippen MR) is 92.1 cm³/mol. The number of hydrogen-bond acceptors (Lipinski definition) is 4. The summed E-state index contributed by atoms with van der Waals surface area (Å²) in [6, 6.07) is 6.40. The van der Waals surface area contributed by atoms with Crippen molar-refractivity contribution < 1.29 is 14.4 Å². The van der Waals surface area contributed by atoms with Crippen molar-refractivity contribution in [2.75, 3.05) is 32.1 Å². The average Bonchev–Trinajstić information content (AvgIpc) is 2.94. The highest BCUT2D eigenvalue weighted by Gasteiger charge is 2.35. The van der Waals surface area contributed by atoms with Gasteiger partial charge in [0.25, 0.3) is 0 Å². The molecule has 1 saturated heterocycles. The third kappa shape index (κ3) is 4.24. The van der Waals surface area contributed by atoms with Crippen LogP contribution < -0.4 is 15.5 Å². The number of rotatable bonds is 5. The molecule has 0 aliphatic carbocycles. The van der Waals surface area contributed by atoms with Gasteiger partial charge in [0.15, 0.2) is 0 Å². The zero-order chi connectivity index (χ0) is 17.7. The third-order valence-corrected chi connectivity index (χ3v) is 4.34. The standard InChI is InChI=1S/C16H21ClN4O3/c1-18-16(24)19-14(22)8-9-20(2)13-7-10-21(15(13)23)12-6-4-3-5-11(12)17/h3-6,13H,7-10H2,1-2H3,(H2,18,19,22,24). The lowest BCUT2D eigenvalue weighted by Crippen LogP contribution is -2.43. The van der Waals surface area contributed by atoms with E-state index < -0.39 is 6.03 Å². The monoisotopic (exact) mass is 352 g/mol. The summed E-state index contributed by atoms with van der Waals surface area (Å²) in [7, 11) is 3.24. The fraction of sp³-hybridized carbons (Fsp3) is 0.438. The van der Waals surface area contributed by atoms with Crippen molar-refractivity contribution >= 4 is 35.1 Å². The van der Waals surface area contributed by atoms with E-state index in [1.807, 2.05) is 23.1 Å². The van der Waals surface area contributed by atoms with Gasteiger partial charge < -0.3 is 10.2 Å². The quantitative estimate of drug-likeness (QED) is 0.835. The molecule has 1 atom stereocenters. The Bertz CT molecular complexity index is 638. The van der Waals surface area contributed by atoms with E-state index in [4.69, 9.17) is 11.6 Å². The second-order valence-corrected chi connectivity index (χ2v) is 6.01. The summed E-state index contributed by atoms with van der Waals surface area (Å²) in [5.41, 5.74) is 0.706. The number of carbonyl (C=O) groups is 3. The molecule has 1 unspecified atom stereocenters. The van der Waals surface area contributed by atoms with Crippen molar-refractivity contribution in [3.8, 4) is 0 Å². The smallest absolute Gasteiger partial charge is 0.321 e. The summed E-state index contributed by atoms with van der Waals surface area (Å²) in [6.45, 7) is 0.970. The number of carbonyl (C=O) groups excluding carboxylic acids is 3. The maximum absolute atomic E-state index is 12.6. The number of hydrogen-bond donors (Lipinski definition) is 2. The maximum Gasteiger partial charge on any atom is 0.321 e. The molecule has 7 nitrogen and oxygen atoms in total. The van der Waals surface area contributed by atoms with E-state index in [1.54, 1.807) is 18.0 Å². The van der Waals surface area contributed by atoms with Gasteiger partial charge in [-0.3, -0.25) is 19.8 Å². The average molecular weight is 353 g/mol. The molecule has 1 heterocycles. The third-order valence-electron chi connectivity index (χ3n) is 4.02. The minimum Gasteiger partial charge on any atom is -0.341 e. The molecule has 24 heavy (non-hydrogen) atoms. The van der Waals surface area contributed by atoms with Crippen LogP contribution in [0.5, 0.6) is 0 Å². The first-order chi connectivity index (χ1) is 11.4. The molecule has 0 bridgehead atoms. The van der Waals surface area contributed by atoms with Crippen LogP contribution in [0.15, 0.2) is 24.3 Å². The summed E-state index contributed by atoms with van der Waals surface area (Å²) in [5.74, 6) is -0.410. The number of benzene rings is 1. The molecule has 1 aromatic carbocycles. The van der Waals surface area contributed by atoms with Gasteiger partial charge in [0, 0.05) is 26.6 Å². The molecule has 1 fully saturated rings. The Morgan fingerprint density at radius 2 is 2.08 bits per heavy atom. The van der Waals surface area contributed by atoms with E-state index >= 15 is 0 Å². The molecular weight excluding hydrogens is 332 g/mol. The number of imide groups is 1. The highest BCUT2D eigenvalue weighted by atomic mass is 35.5. The normalized spacial score (nSPS) is 17.2. The Morgan fingerprint density at radius 3 is 2.75 bits per heavy atom. The van der Waals surface area contributed by atoms with E-state index in [0.717, 1.165) is 0 Å². The number of nitrogens with one attached hydrogen (secondary N) is 2.